The molecule has 0 amide bonds. The Morgan fingerprint density at radius 1 is 1.03 bits per heavy atom. The van der Waals surface area contributed by atoms with Crippen LogP contribution in [0, 0.1) is 6.92 Å². The number of alkyl halides is 3. The summed E-state index contributed by atoms with van der Waals surface area (Å²) in [5.74, 6) is 1.06. The fourth-order valence-corrected chi connectivity index (χ4v) is 3.57. The van der Waals surface area contributed by atoms with Crippen molar-refractivity contribution in [2.75, 3.05) is 0 Å². The molecule has 152 valence electrons. The summed E-state index contributed by atoms with van der Waals surface area (Å²) in [7, 11) is 0. The van der Waals surface area contributed by atoms with Crippen LogP contribution in [-0.2, 0) is 12.7 Å². The van der Waals surface area contributed by atoms with Crippen molar-refractivity contribution in [3.05, 3.63) is 81.7 Å². The molecule has 0 bridgehead atoms. The highest BCUT2D eigenvalue weighted by atomic mass is 32.1. The zero-order valence-electron chi connectivity index (χ0n) is 15.8. The minimum Gasteiger partial charge on any atom is -0.299 e. The van der Waals surface area contributed by atoms with E-state index < -0.39 is 11.7 Å². The molecule has 3 aromatic heterocycles. The van der Waals surface area contributed by atoms with Crippen LogP contribution in [0.1, 0.15) is 27.5 Å². The summed E-state index contributed by atoms with van der Waals surface area (Å²) in [4.78, 5) is 8.64. The first-order valence-electron chi connectivity index (χ1n) is 9.01. The third-order valence-corrected chi connectivity index (χ3v) is 5.21. The van der Waals surface area contributed by atoms with Crippen LogP contribution in [0.25, 0.3) is 23.7 Å². The fourth-order valence-electron chi connectivity index (χ4n) is 2.96. The van der Waals surface area contributed by atoms with E-state index >= 15 is 0 Å². The van der Waals surface area contributed by atoms with Crippen molar-refractivity contribution >= 4 is 23.5 Å². The number of halogens is 3. The molecule has 0 radical (unpaired) electrons. The van der Waals surface area contributed by atoms with Gasteiger partial charge in [0.05, 0.1) is 12.1 Å². The molecule has 30 heavy (non-hydrogen) atoms. The SMILES string of the molecule is Cc1ccc(/C=C/c2nnc(-c3ccccn3)n2Cc2nccs2)cc1C(F)(F)F. The van der Waals surface area contributed by atoms with E-state index in [1.165, 1.54) is 24.3 Å². The first kappa shape index (κ1) is 20.0. The summed E-state index contributed by atoms with van der Waals surface area (Å²) < 4.78 is 41.4. The van der Waals surface area contributed by atoms with E-state index in [-0.39, 0.29) is 5.56 Å². The number of hydrogen-bond donors (Lipinski definition) is 0. The molecule has 0 unspecified atom stereocenters. The summed E-state index contributed by atoms with van der Waals surface area (Å²) in [6.07, 6.45) is 2.23. The van der Waals surface area contributed by atoms with Gasteiger partial charge < -0.3 is 0 Å². The molecule has 1 aromatic carbocycles. The van der Waals surface area contributed by atoms with Gasteiger partial charge in [-0.15, -0.1) is 21.5 Å². The molecule has 0 saturated heterocycles. The normalized spacial score (nSPS) is 12.0. The zero-order chi connectivity index (χ0) is 21.1. The van der Waals surface area contributed by atoms with E-state index in [4.69, 9.17) is 0 Å². The number of aromatic nitrogens is 5. The first-order chi connectivity index (χ1) is 14.4. The number of aryl methyl sites for hydroxylation is 1. The molecule has 0 aliphatic rings. The quantitative estimate of drug-likeness (QED) is 0.431. The van der Waals surface area contributed by atoms with Crippen LogP contribution in [0.15, 0.2) is 54.2 Å². The molecule has 0 aliphatic carbocycles. The number of hydrogen-bond acceptors (Lipinski definition) is 5. The second-order valence-corrected chi connectivity index (χ2v) is 7.49. The maximum Gasteiger partial charge on any atom is 0.416 e. The van der Waals surface area contributed by atoms with Gasteiger partial charge in [0.2, 0.25) is 0 Å². The Kier molecular flexibility index (Phi) is 5.45. The number of rotatable bonds is 5. The first-order valence-corrected chi connectivity index (χ1v) is 9.88. The lowest BCUT2D eigenvalue weighted by Crippen LogP contribution is -2.07. The molecule has 3 heterocycles. The van der Waals surface area contributed by atoms with Gasteiger partial charge in [0.15, 0.2) is 11.6 Å². The topological polar surface area (TPSA) is 56.5 Å². The van der Waals surface area contributed by atoms with Gasteiger partial charge in [-0.2, -0.15) is 13.2 Å². The van der Waals surface area contributed by atoms with Crippen molar-refractivity contribution in [2.24, 2.45) is 0 Å². The van der Waals surface area contributed by atoms with Crippen molar-refractivity contribution in [1.82, 2.24) is 24.7 Å². The van der Waals surface area contributed by atoms with E-state index in [0.29, 0.717) is 29.5 Å². The van der Waals surface area contributed by atoms with Crippen molar-refractivity contribution in [3.63, 3.8) is 0 Å². The molecule has 5 nitrogen and oxygen atoms in total. The van der Waals surface area contributed by atoms with Crippen LogP contribution in [-0.4, -0.2) is 24.7 Å². The van der Waals surface area contributed by atoms with Gasteiger partial charge in [-0.05, 0) is 42.3 Å². The van der Waals surface area contributed by atoms with Gasteiger partial charge in [0, 0.05) is 17.8 Å². The lowest BCUT2D eigenvalue weighted by atomic mass is 10.0. The molecule has 0 spiro atoms. The molecule has 4 rings (SSSR count). The van der Waals surface area contributed by atoms with Crippen molar-refractivity contribution in [2.45, 2.75) is 19.6 Å². The van der Waals surface area contributed by atoms with Crippen LogP contribution < -0.4 is 0 Å². The predicted molar refractivity (Wildman–Crippen MR) is 110 cm³/mol. The lowest BCUT2D eigenvalue weighted by Gasteiger charge is -2.10. The Bertz CT molecular complexity index is 1170. The van der Waals surface area contributed by atoms with E-state index in [9.17, 15) is 13.2 Å². The van der Waals surface area contributed by atoms with Crippen LogP contribution >= 0.6 is 11.3 Å². The third-order valence-electron chi connectivity index (χ3n) is 4.44. The van der Waals surface area contributed by atoms with E-state index in [2.05, 4.69) is 20.2 Å². The minimum absolute atomic E-state index is 0.184. The van der Waals surface area contributed by atoms with Crippen molar-refractivity contribution < 1.29 is 13.2 Å². The van der Waals surface area contributed by atoms with Crippen molar-refractivity contribution in [3.8, 4) is 11.5 Å². The highest BCUT2D eigenvalue weighted by molar-refractivity contribution is 7.09. The Morgan fingerprint density at radius 3 is 2.60 bits per heavy atom. The molecule has 0 aliphatic heterocycles. The van der Waals surface area contributed by atoms with E-state index in [1.807, 2.05) is 28.1 Å². The maximum absolute atomic E-state index is 13.2. The second-order valence-electron chi connectivity index (χ2n) is 6.51. The van der Waals surface area contributed by atoms with Crippen molar-refractivity contribution in [1.29, 1.82) is 0 Å². The molecule has 9 heteroatoms. The summed E-state index contributed by atoms with van der Waals surface area (Å²) in [5, 5.41) is 11.2. The van der Waals surface area contributed by atoms with Crippen LogP contribution in [0.5, 0.6) is 0 Å². The van der Waals surface area contributed by atoms with Gasteiger partial charge in [0.1, 0.15) is 10.7 Å². The van der Waals surface area contributed by atoms with Gasteiger partial charge >= 0.3 is 6.18 Å². The highest BCUT2D eigenvalue weighted by Gasteiger charge is 2.32. The number of benzene rings is 1. The average molecular weight is 427 g/mol. The average Bonchev–Trinajstić information content (AvgIpc) is 3.38. The summed E-state index contributed by atoms with van der Waals surface area (Å²) >= 11 is 1.50. The second kappa shape index (κ2) is 8.19. The fraction of sp³-hybridized carbons (Fsp3) is 0.143. The number of pyridine rings is 1. The lowest BCUT2D eigenvalue weighted by molar-refractivity contribution is -0.138. The molecule has 0 N–H and O–H groups in total. The molecular formula is C21H16F3N5S. The zero-order valence-corrected chi connectivity index (χ0v) is 16.7. The van der Waals surface area contributed by atoms with Gasteiger partial charge in [0.25, 0.3) is 0 Å². The predicted octanol–water partition coefficient (Wildman–Crippen LogP) is 5.34. The smallest absolute Gasteiger partial charge is 0.299 e. The molecule has 0 atom stereocenters. The third kappa shape index (κ3) is 4.30. The Hall–Kier alpha value is -3.33. The van der Waals surface area contributed by atoms with Crippen LogP contribution in [0.2, 0.25) is 0 Å². The Balaban J connectivity index is 1.72. The summed E-state index contributed by atoms with van der Waals surface area (Å²) in [5.41, 5.74) is 0.610. The summed E-state index contributed by atoms with van der Waals surface area (Å²) in [6, 6.07) is 9.72. The van der Waals surface area contributed by atoms with Gasteiger partial charge in [-0.1, -0.05) is 24.3 Å². The van der Waals surface area contributed by atoms with Crippen LogP contribution in [0.3, 0.4) is 0 Å². The minimum atomic E-state index is -4.40. The number of nitrogens with zero attached hydrogens (tertiary/aromatic N) is 5. The highest BCUT2D eigenvalue weighted by Crippen LogP contribution is 2.32. The Morgan fingerprint density at radius 2 is 1.90 bits per heavy atom. The standard InChI is InChI=1S/C21H16F3N5S/c1-14-5-6-15(12-16(14)21(22,23)24)7-8-18-27-28-20(17-4-2-3-9-25-17)29(18)13-19-26-10-11-30-19/h2-12H,13H2,1H3/b8-7+. The monoisotopic (exact) mass is 427 g/mol. The van der Waals surface area contributed by atoms with E-state index in [1.54, 1.807) is 30.6 Å². The molecule has 0 saturated carbocycles. The molecule has 0 fully saturated rings. The number of thiazole rings is 1. The van der Waals surface area contributed by atoms with Crippen LogP contribution in [0.4, 0.5) is 13.2 Å². The summed E-state index contributed by atoms with van der Waals surface area (Å²) in [6.45, 7) is 1.87. The molecule has 4 aromatic rings. The van der Waals surface area contributed by atoms with E-state index in [0.717, 1.165) is 11.1 Å². The largest absolute Gasteiger partial charge is 0.416 e. The van der Waals surface area contributed by atoms with Gasteiger partial charge in [-0.25, -0.2) is 4.98 Å². The Labute approximate surface area is 174 Å². The maximum atomic E-state index is 13.2. The van der Waals surface area contributed by atoms with Gasteiger partial charge in [-0.3, -0.25) is 9.55 Å². The molecular weight excluding hydrogens is 411 g/mol.